The normalized spacial score (nSPS) is 25.0. The van der Waals surface area contributed by atoms with Gasteiger partial charge in [-0.3, -0.25) is 9.69 Å². The molecule has 0 aromatic carbocycles. The van der Waals surface area contributed by atoms with E-state index in [1.807, 2.05) is 6.92 Å². The van der Waals surface area contributed by atoms with E-state index in [0.29, 0.717) is 24.8 Å². The molecule has 0 radical (unpaired) electrons. The third-order valence-corrected chi connectivity index (χ3v) is 4.48. The minimum Gasteiger partial charge on any atom is -0.339 e. The van der Waals surface area contributed by atoms with Crippen LogP contribution in [0.5, 0.6) is 0 Å². The molecule has 2 aliphatic rings. The summed E-state index contributed by atoms with van der Waals surface area (Å²) < 4.78 is 5.28. The quantitative estimate of drug-likeness (QED) is 0.828. The maximum absolute atomic E-state index is 12.2. The van der Waals surface area contributed by atoms with Gasteiger partial charge in [0, 0.05) is 19.6 Å². The predicted molar refractivity (Wildman–Crippen MR) is 81.8 cm³/mol. The maximum atomic E-state index is 12.2. The van der Waals surface area contributed by atoms with Gasteiger partial charge in [0.05, 0.1) is 5.92 Å². The highest BCUT2D eigenvalue weighted by Crippen LogP contribution is 2.25. The average molecular weight is 321 g/mol. The summed E-state index contributed by atoms with van der Waals surface area (Å²) in [4.78, 5) is 32.0. The Labute approximate surface area is 135 Å². The minimum absolute atomic E-state index is 0.163. The van der Waals surface area contributed by atoms with Crippen LogP contribution >= 0.6 is 0 Å². The van der Waals surface area contributed by atoms with Crippen LogP contribution < -0.4 is 5.32 Å². The lowest BCUT2D eigenvalue weighted by Crippen LogP contribution is -2.43. The minimum atomic E-state index is -0.803. The van der Waals surface area contributed by atoms with Crippen molar-refractivity contribution in [3.05, 3.63) is 11.7 Å². The first-order valence-corrected chi connectivity index (χ1v) is 8.03. The topological polar surface area (TPSA) is 91.6 Å². The van der Waals surface area contributed by atoms with Crippen molar-refractivity contribution in [3.63, 3.8) is 0 Å². The molecule has 2 fully saturated rings. The van der Waals surface area contributed by atoms with Crippen molar-refractivity contribution < 1.29 is 14.1 Å². The number of likely N-dealkylation sites (tertiary alicyclic amines) is 1. The lowest BCUT2D eigenvalue weighted by molar-refractivity contribution is -0.130. The molecule has 3 amide bonds. The van der Waals surface area contributed by atoms with Crippen LogP contribution in [-0.4, -0.2) is 63.6 Å². The van der Waals surface area contributed by atoms with Gasteiger partial charge in [-0.2, -0.15) is 4.98 Å². The van der Waals surface area contributed by atoms with E-state index in [1.54, 1.807) is 13.8 Å². The molecular formula is C15H23N5O3. The van der Waals surface area contributed by atoms with Crippen molar-refractivity contribution in [3.8, 4) is 0 Å². The highest BCUT2D eigenvalue weighted by Gasteiger charge is 2.44. The summed E-state index contributed by atoms with van der Waals surface area (Å²) in [5.74, 6) is 1.40. The van der Waals surface area contributed by atoms with Crippen LogP contribution in [-0.2, 0) is 4.79 Å². The molecule has 3 heterocycles. The van der Waals surface area contributed by atoms with E-state index in [9.17, 15) is 9.59 Å². The van der Waals surface area contributed by atoms with Crippen LogP contribution in [0.25, 0.3) is 0 Å². The van der Waals surface area contributed by atoms with Crippen molar-refractivity contribution in [1.82, 2.24) is 25.3 Å². The molecule has 0 saturated carbocycles. The summed E-state index contributed by atoms with van der Waals surface area (Å²) in [5, 5.41) is 6.56. The van der Waals surface area contributed by atoms with Crippen LogP contribution in [0.15, 0.2) is 4.52 Å². The Bertz CT molecular complexity index is 612. The van der Waals surface area contributed by atoms with E-state index in [0.717, 1.165) is 25.9 Å². The summed E-state index contributed by atoms with van der Waals surface area (Å²) in [7, 11) is 0. The SMILES string of the molecule is Cc1noc([C@H]2CCCN(CCN3C(=O)NC(C)(C)C3=O)C2)n1. The molecule has 23 heavy (non-hydrogen) atoms. The van der Waals surface area contributed by atoms with E-state index in [4.69, 9.17) is 4.52 Å². The third kappa shape index (κ3) is 3.21. The van der Waals surface area contributed by atoms with Crippen molar-refractivity contribution >= 4 is 11.9 Å². The van der Waals surface area contributed by atoms with E-state index < -0.39 is 5.54 Å². The first kappa shape index (κ1) is 15.9. The van der Waals surface area contributed by atoms with Crippen LogP contribution in [0.1, 0.15) is 44.3 Å². The molecule has 2 saturated heterocycles. The average Bonchev–Trinajstić information content (AvgIpc) is 3.00. The molecule has 126 valence electrons. The number of rotatable bonds is 4. The molecule has 0 bridgehead atoms. The monoisotopic (exact) mass is 321 g/mol. The Morgan fingerprint density at radius 1 is 1.35 bits per heavy atom. The number of aromatic nitrogens is 2. The van der Waals surface area contributed by atoms with Gasteiger partial charge in [0.15, 0.2) is 5.82 Å². The first-order valence-electron chi connectivity index (χ1n) is 8.03. The van der Waals surface area contributed by atoms with Crippen LogP contribution in [0.2, 0.25) is 0 Å². The Balaban J connectivity index is 1.56. The van der Waals surface area contributed by atoms with Gasteiger partial charge in [0.25, 0.3) is 5.91 Å². The summed E-state index contributed by atoms with van der Waals surface area (Å²) in [6.45, 7) is 8.10. The fourth-order valence-corrected chi connectivity index (χ4v) is 3.20. The lowest BCUT2D eigenvalue weighted by Gasteiger charge is -2.31. The number of piperidine rings is 1. The summed E-state index contributed by atoms with van der Waals surface area (Å²) >= 11 is 0. The number of carbonyl (C=O) groups is 2. The molecule has 2 aliphatic heterocycles. The van der Waals surface area contributed by atoms with Crippen molar-refractivity contribution in [2.45, 2.75) is 45.1 Å². The van der Waals surface area contributed by atoms with E-state index in [1.165, 1.54) is 4.90 Å². The molecule has 1 atom stereocenters. The Hall–Kier alpha value is -1.96. The Kier molecular flexibility index (Phi) is 4.09. The maximum Gasteiger partial charge on any atom is 0.325 e. The molecule has 1 aromatic heterocycles. The number of amides is 3. The molecular weight excluding hydrogens is 298 g/mol. The second kappa shape index (κ2) is 5.92. The summed E-state index contributed by atoms with van der Waals surface area (Å²) in [6, 6.07) is -0.305. The number of nitrogens with one attached hydrogen (secondary N) is 1. The largest absolute Gasteiger partial charge is 0.339 e. The van der Waals surface area contributed by atoms with Crippen molar-refractivity contribution in [2.24, 2.45) is 0 Å². The highest BCUT2D eigenvalue weighted by molar-refractivity contribution is 6.06. The number of carbonyl (C=O) groups excluding carboxylic acids is 2. The number of aryl methyl sites for hydroxylation is 1. The molecule has 1 N–H and O–H groups in total. The van der Waals surface area contributed by atoms with Crippen LogP contribution in [0.4, 0.5) is 4.79 Å². The number of hydrogen-bond acceptors (Lipinski definition) is 6. The smallest absolute Gasteiger partial charge is 0.325 e. The van der Waals surface area contributed by atoms with E-state index in [2.05, 4.69) is 20.4 Å². The van der Waals surface area contributed by atoms with Crippen LogP contribution in [0, 0.1) is 6.92 Å². The van der Waals surface area contributed by atoms with E-state index >= 15 is 0 Å². The molecule has 1 aromatic rings. The van der Waals surface area contributed by atoms with Gasteiger partial charge in [-0.05, 0) is 40.2 Å². The Morgan fingerprint density at radius 3 is 2.74 bits per heavy atom. The number of imide groups is 1. The summed E-state index contributed by atoms with van der Waals surface area (Å²) in [5.41, 5.74) is -0.803. The third-order valence-electron chi connectivity index (χ3n) is 4.48. The Morgan fingerprint density at radius 2 is 2.13 bits per heavy atom. The predicted octanol–water partition coefficient (Wildman–Crippen LogP) is 0.888. The molecule has 8 heteroatoms. The van der Waals surface area contributed by atoms with Gasteiger partial charge < -0.3 is 14.7 Å². The standard InChI is InChI=1S/C15H23N5O3/c1-10-16-12(23-18-10)11-5-4-6-19(9-11)7-8-20-13(21)15(2,3)17-14(20)22/h11H,4-9H2,1-3H3,(H,17,22)/t11-/m0/s1. The van der Waals surface area contributed by atoms with Gasteiger partial charge >= 0.3 is 6.03 Å². The lowest BCUT2D eigenvalue weighted by atomic mass is 9.98. The number of urea groups is 1. The van der Waals surface area contributed by atoms with Crippen molar-refractivity contribution in [2.75, 3.05) is 26.2 Å². The van der Waals surface area contributed by atoms with Gasteiger partial charge in [-0.25, -0.2) is 4.79 Å². The van der Waals surface area contributed by atoms with Gasteiger partial charge in [-0.1, -0.05) is 5.16 Å². The van der Waals surface area contributed by atoms with Gasteiger partial charge in [-0.15, -0.1) is 0 Å². The zero-order valence-electron chi connectivity index (χ0n) is 13.8. The molecule has 8 nitrogen and oxygen atoms in total. The van der Waals surface area contributed by atoms with E-state index in [-0.39, 0.29) is 17.9 Å². The summed E-state index contributed by atoms with van der Waals surface area (Å²) in [6.07, 6.45) is 2.06. The molecule has 3 rings (SSSR count). The fourth-order valence-electron chi connectivity index (χ4n) is 3.20. The zero-order valence-corrected chi connectivity index (χ0v) is 13.8. The van der Waals surface area contributed by atoms with Gasteiger partial charge in [0.2, 0.25) is 5.89 Å². The van der Waals surface area contributed by atoms with Crippen LogP contribution in [0.3, 0.4) is 0 Å². The van der Waals surface area contributed by atoms with Crippen molar-refractivity contribution in [1.29, 1.82) is 0 Å². The molecule has 0 aliphatic carbocycles. The molecule has 0 unspecified atom stereocenters. The second-order valence-corrected chi connectivity index (χ2v) is 6.83. The molecule has 0 spiro atoms. The fraction of sp³-hybridized carbons (Fsp3) is 0.733. The number of hydrogen-bond donors (Lipinski definition) is 1. The van der Waals surface area contributed by atoms with Gasteiger partial charge in [0.1, 0.15) is 5.54 Å². The highest BCUT2D eigenvalue weighted by atomic mass is 16.5. The first-order chi connectivity index (χ1) is 10.9. The zero-order chi connectivity index (χ0) is 16.6. The number of nitrogens with zero attached hydrogens (tertiary/aromatic N) is 4. The second-order valence-electron chi connectivity index (χ2n) is 6.83.